The summed E-state index contributed by atoms with van der Waals surface area (Å²) < 4.78 is 39.1. The monoisotopic (exact) mass is 363 g/mol. The molecule has 1 unspecified atom stereocenters. The Morgan fingerprint density at radius 2 is 2.24 bits per heavy atom. The molecule has 1 aliphatic rings. The average Bonchev–Trinajstić information content (AvgIpc) is 2.58. The molecule has 0 bridgehead atoms. The predicted molar refractivity (Wildman–Crippen MR) is 93.5 cm³/mol. The van der Waals surface area contributed by atoms with Gasteiger partial charge in [0.15, 0.2) is 0 Å². The Balaban J connectivity index is 1.88. The molecule has 2 heterocycles. The smallest absolute Gasteiger partial charge is 0.224 e. The van der Waals surface area contributed by atoms with Crippen LogP contribution in [0.5, 0.6) is 0 Å². The fraction of sp³-hybridized carbons (Fsp3) is 0.438. The van der Waals surface area contributed by atoms with E-state index in [4.69, 9.17) is 6.57 Å². The Bertz CT molecular complexity index is 941. The Labute approximate surface area is 145 Å². The van der Waals surface area contributed by atoms with E-state index in [9.17, 15) is 12.8 Å². The summed E-state index contributed by atoms with van der Waals surface area (Å²) in [4.78, 5) is 13.6. The molecule has 0 saturated carbocycles. The zero-order valence-corrected chi connectivity index (χ0v) is 14.6. The molecule has 1 aromatic carbocycles. The van der Waals surface area contributed by atoms with Gasteiger partial charge in [0.2, 0.25) is 15.7 Å². The van der Waals surface area contributed by atoms with E-state index < -0.39 is 15.8 Å². The Kier molecular flexibility index (Phi) is 4.83. The highest BCUT2D eigenvalue weighted by Gasteiger charge is 2.23. The van der Waals surface area contributed by atoms with Crippen LogP contribution in [-0.2, 0) is 10.0 Å². The van der Waals surface area contributed by atoms with Gasteiger partial charge >= 0.3 is 0 Å². The highest BCUT2D eigenvalue weighted by molar-refractivity contribution is 7.88. The number of sulfonamides is 1. The van der Waals surface area contributed by atoms with Crippen molar-refractivity contribution in [1.82, 2.24) is 14.7 Å². The van der Waals surface area contributed by atoms with Gasteiger partial charge in [-0.15, -0.1) is 0 Å². The quantitative estimate of drug-likeness (QED) is 0.842. The number of fused-ring (bicyclic) bond motifs is 1. The first-order valence-electron chi connectivity index (χ1n) is 7.88. The summed E-state index contributed by atoms with van der Waals surface area (Å²) in [6, 6.07) is 2.73. The Hall–Kier alpha value is -2.31. The summed E-state index contributed by atoms with van der Waals surface area (Å²) in [7, 11) is -3.23. The fourth-order valence-corrected chi connectivity index (χ4v) is 3.62. The van der Waals surface area contributed by atoms with Crippen molar-refractivity contribution in [2.75, 3.05) is 30.8 Å². The number of benzene rings is 1. The number of hydrogen-bond donors (Lipinski definition) is 1. The number of anilines is 1. The lowest BCUT2D eigenvalue weighted by Crippen LogP contribution is -2.41. The molecule has 7 nitrogen and oxygen atoms in total. The second kappa shape index (κ2) is 6.90. The minimum Gasteiger partial charge on any atom is -0.356 e. The third-order valence-corrected chi connectivity index (χ3v) is 4.95. The summed E-state index contributed by atoms with van der Waals surface area (Å²) in [6.07, 6.45) is 4.35. The second-order valence-electron chi connectivity index (χ2n) is 6.20. The van der Waals surface area contributed by atoms with Gasteiger partial charge in [-0.3, -0.25) is 0 Å². The van der Waals surface area contributed by atoms with Gasteiger partial charge in [-0.1, -0.05) is 0 Å². The van der Waals surface area contributed by atoms with Crippen molar-refractivity contribution in [3.05, 3.63) is 35.7 Å². The second-order valence-corrected chi connectivity index (χ2v) is 8.04. The first kappa shape index (κ1) is 17.5. The molecule has 1 N–H and O–H groups in total. The molecule has 1 aliphatic heterocycles. The summed E-state index contributed by atoms with van der Waals surface area (Å²) in [6.45, 7) is 8.76. The van der Waals surface area contributed by atoms with Crippen LogP contribution in [0.2, 0.25) is 0 Å². The van der Waals surface area contributed by atoms with Gasteiger partial charge in [-0.05, 0) is 30.9 Å². The third kappa shape index (κ3) is 4.03. The van der Waals surface area contributed by atoms with Crippen molar-refractivity contribution < 1.29 is 12.8 Å². The van der Waals surface area contributed by atoms with Gasteiger partial charge < -0.3 is 4.90 Å². The zero-order chi connectivity index (χ0) is 18.0. The number of hydrogen-bond acceptors (Lipinski definition) is 5. The fourth-order valence-electron chi connectivity index (χ4n) is 3.08. The SMILES string of the molecule is [C-]#[N+]c1cc2ncnc(N3CCCC(CNS(C)(=O)=O)C3)c2cc1F. The maximum atomic E-state index is 14.0. The highest BCUT2D eigenvalue weighted by Crippen LogP contribution is 2.31. The van der Waals surface area contributed by atoms with E-state index in [0.29, 0.717) is 29.8 Å². The molecular weight excluding hydrogens is 345 g/mol. The lowest BCUT2D eigenvalue weighted by molar-refractivity contribution is 0.410. The largest absolute Gasteiger partial charge is 0.356 e. The van der Waals surface area contributed by atoms with Crippen LogP contribution in [0.15, 0.2) is 18.5 Å². The summed E-state index contributed by atoms with van der Waals surface area (Å²) in [5, 5.41) is 0.559. The maximum Gasteiger partial charge on any atom is 0.224 e. The van der Waals surface area contributed by atoms with Crippen LogP contribution in [0.3, 0.4) is 0 Å². The first-order valence-corrected chi connectivity index (χ1v) is 9.78. The van der Waals surface area contributed by atoms with E-state index in [-0.39, 0.29) is 11.6 Å². The molecule has 1 aromatic heterocycles. The molecule has 1 fully saturated rings. The van der Waals surface area contributed by atoms with E-state index in [1.165, 1.54) is 18.5 Å². The zero-order valence-electron chi connectivity index (χ0n) is 13.7. The molecular formula is C16H18FN5O2S. The number of piperidine rings is 1. The van der Waals surface area contributed by atoms with E-state index in [1.54, 1.807) is 0 Å². The molecule has 25 heavy (non-hydrogen) atoms. The van der Waals surface area contributed by atoms with E-state index in [2.05, 4.69) is 19.5 Å². The molecule has 9 heteroatoms. The van der Waals surface area contributed by atoms with Crippen molar-refractivity contribution >= 4 is 32.4 Å². The van der Waals surface area contributed by atoms with Crippen LogP contribution in [0, 0.1) is 18.3 Å². The molecule has 1 atom stereocenters. The highest BCUT2D eigenvalue weighted by atomic mass is 32.2. The van der Waals surface area contributed by atoms with Gasteiger partial charge in [0.25, 0.3) is 0 Å². The van der Waals surface area contributed by atoms with Gasteiger partial charge in [0.1, 0.15) is 18.0 Å². The van der Waals surface area contributed by atoms with Crippen LogP contribution < -0.4 is 9.62 Å². The summed E-state index contributed by atoms with van der Waals surface area (Å²) in [5.41, 5.74) is 0.458. The number of nitrogens with zero attached hydrogens (tertiary/aromatic N) is 4. The lowest BCUT2D eigenvalue weighted by Gasteiger charge is -2.34. The van der Waals surface area contributed by atoms with E-state index in [0.717, 1.165) is 25.6 Å². The molecule has 1 saturated heterocycles. The maximum absolute atomic E-state index is 14.0. The first-order chi connectivity index (χ1) is 11.9. The van der Waals surface area contributed by atoms with Gasteiger partial charge in [0.05, 0.1) is 18.3 Å². The number of aromatic nitrogens is 2. The molecule has 0 radical (unpaired) electrons. The molecule has 0 spiro atoms. The Morgan fingerprint density at radius 1 is 1.44 bits per heavy atom. The number of nitrogens with one attached hydrogen (secondary N) is 1. The van der Waals surface area contributed by atoms with E-state index in [1.807, 2.05) is 4.90 Å². The van der Waals surface area contributed by atoms with Crippen molar-refractivity contribution in [1.29, 1.82) is 0 Å². The van der Waals surface area contributed by atoms with Gasteiger partial charge in [0, 0.05) is 25.0 Å². The van der Waals surface area contributed by atoms with E-state index >= 15 is 0 Å². The van der Waals surface area contributed by atoms with Crippen LogP contribution >= 0.6 is 0 Å². The molecule has 0 amide bonds. The molecule has 0 aliphatic carbocycles. The lowest BCUT2D eigenvalue weighted by atomic mass is 9.98. The topological polar surface area (TPSA) is 79.6 Å². The molecule has 3 rings (SSSR count). The predicted octanol–water partition coefficient (Wildman–Crippen LogP) is 2.09. The minimum atomic E-state index is -3.23. The van der Waals surface area contributed by atoms with Gasteiger partial charge in [-0.25, -0.2) is 32.3 Å². The number of halogens is 1. The van der Waals surface area contributed by atoms with Crippen molar-refractivity contribution in [2.24, 2.45) is 5.92 Å². The molecule has 132 valence electrons. The number of rotatable bonds is 4. The summed E-state index contributed by atoms with van der Waals surface area (Å²) in [5.74, 6) is 0.177. The summed E-state index contributed by atoms with van der Waals surface area (Å²) >= 11 is 0. The van der Waals surface area contributed by atoms with Gasteiger partial charge in [-0.2, -0.15) is 0 Å². The normalized spacial score (nSPS) is 18.3. The van der Waals surface area contributed by atoms with Crippen molar-refractivity contribution in [3.8, 4) is 0 Å². The van der Waals surface area contributed by atoms with Crippen LogP contribution in [-0.4, -0.2) is 44.3 Å². The van der Waals surface area contributed by atoms with Crippen LogP contribution in [0.1, 0.15) is 12.8 Å². The Morgan fingerprint density at radius 3 is 2.96 bits per heavy atom. The third-order valence-electron chi connectivity index (χ3n) is 4.26. The standard InChI is InChI=1S/C16H18FN5O2S/c1-18-15-7-14-12(6-13(15)17)16(20-10-19-14)22-5-3-4-11(9-22)8-21-25(2,23)24/h6-7,10-11,21H,3-5,8-9H2,2H3. The van der Waals surface area contributed by atoms with Crippen LogP contribution in [0.4, 0.5) is 15.9 Å². The van der Waals surface area contributed by atoms with Crippen molar-refractivity contribution in [2.45, 2.75) is 12.8 Å². The minimum absolute atomic E-state index is 0.0639. The van der Waals surface area contributed by atoms with Crippen molar-refractivity contribution in [3.63, 3.8) is 0 Å². The van der Waals surface area contributed by atoms with Crippen LogP contribution in [0.25, 0.3) is 15.7 Å². The molecule has 2 aromatic rings. The average molecular weight is 363 g/mol.